The Morgan fingerprint density at radius 1 is 1.17 bits per heavy atom. The van der Waals surface area contributed by atoms with E-state index in [9.17, 15) is 18.8 Å². The fourth-order valence-corrected chi connectivity index (χ4v) is 3.79. The first-order chi connectivity index (χ1) is 13.8. The van der Waals surface area contributed by atoms with Gasteiger partial charge in [-0.1, -0.05) is 0 Å². The van der Waals surface area contributed by atoms with Crippen molar-refractivity contribution >= 4 is 35.1 Å². The summed E-state index contributed by atoms with van der Waals surface area (Å²) < 4.78 is 20.1. The molecule has 1 aromatic carbocycles. The minimum Gasteiger partial charge on any atom is -0.457 e. The van der Waals surface area contributed by atoms with Gasteiger partial charge in [0.1, 0.15) is 5.82 Å². The number of anilines is 1. The Labute approximate surface area is 172 Å². The third-order valence-electron chi connectivity index (χ3n) is 4.64. The molecule has 1 saturated carbocycles. The summed E-state index contributed by atoms with van der Waals surface area (Å²) in [5.41, 5.74) is 3.03. The van der Waals surface area contributed by atoms with E-state index >= 15 is 0 Å². The first-order valence-corrected chi connectivity index (χ1v) is 10.5. The lowest BCUT2D eigenvalue weighted by molar-refractivity contribution is -0.139. The van der Waals surface area contributed by atoms with Crippen LogP contribution in [0.25, 0.3) is 0 Å². The van der Waals surface area contributed by atoms with Crippen molar-refractivity contribution in [3.63, 3.8) is 0 Å². The molecule has 1 N–H and O–H groups in total. The fraction of sp³-hybridized carbons (Fsp3) is 0.381. The Morgan fingerprint density at radius 3 is 2.52 bits per heavy atom. The minimum absolute atomic E-state index is 0.0365. The molecule has 0 radical (unpaired) electrons. The highest BCUT2D eigenvalue weighted by atomic mass is 32.2. The van der Waals surface area contributed by atoms with E-state index < -0.39 is 5.97 Å². The number of amides is 1. The molecule has 6 nitrogen and oxygen atoms in total. The molecule has 1 aromatic heterocycles. The SMILES string of the molecule is Cc1cc(C(=O)COC(=O)CSCC(=O)Nc2ccc(F)cc2)c(C)n1C1CC1. The minimum atomic E-state index is -0.547. The van der Waals surface area contributed by atoms with Gasteiger partial charge in [0.15, 0.2) is 6.61 Å². The van der Waals surface area contributed by atoms with Crippen LogP contribution in [0.1, 0.15) is 40.6 Å². The molecule has 2 aromatic rings. The molecule has 1 aliphatic carbocycles. The molecule has 0 unspecified atom stereocenters. The molecule has 1 heterocycles. The summed E-state index contributed by atoms with van der Waals surface area (Å²) in [4.78, 5) is 36.1. The van der Waals surface area contributed by atoms with Gasteiger partial charge < -0.3 is 14.6 Å². The zero-order valence-corrected chi connectivity index (χ0v) is 17.2. The number of thioether (sulfide) groups is 1. The third-order valence-corrected chi connectivity index (χ3v) is 5.55. The van der Waals surface area contributed by atoms with Crippen LogP contribution in [0.4, 0.5) is 10.1 Å². The van der Waals surface area contributed by atoms with Gasteiger partial charge in [0.05, 0.1) is 11.5 Å². The molecule has 3 rings (SSSR count). The van der Waals surface area contributed by atoms with E-state index in [-0.39, 0.29) is 35.6 Å². The Kier molecular flexibility index (Phi) is 6.74. The number of carbonyl (C=O) groups is 3. The van der Waals surface area contributed by atoms with Crippen molar-refractivity contribution in [2.45, 2.75) is 32.7 Å². The number of nitrogens with zero attached hydrogens (tertiary/aromatic N) is 1. The van der Waals surface area contributed by atoms with E-state index in [0.717, 1.165) is 36.0 Å². The van der Waals surface area contributed by atoms with Crippen LogP contribution < -0.4 is 5.32 Å². The monoisotopic (exact) mass is 418 g/mol. The van der Waals surface area contributed by atoms with Gasteiger partial charge in [-0.2, -0.15) is 0 Å². The molecule has 0 saturated heterocycles. The fourth-order valence-electron chi connectivity index (χ4n) is 3.18. The lowest BCUT2D eigenvalue weighted by Gasteiger charge is -2.08. The van der Waals surface area contributed by atoms with E-state index in [0.29, 0.717) is 17.3 Å². The molecule has 1 amide bonds. The number of carbonyl (C=O) groups excluding carboxylic acids is 3. The quantitative estimate of drug-likeness (QED) is 0.497. The lowest BCUT2D eigenvalue weighted by atomic mass is 10.1. The maximum absolute atomic E-state index is 12.8. The molecular formula is C21H23FN2O4S. The molecule has 0 aliphatic heterocycles. The van der Waals surface area contributed by atoms with Gasteiger partial charge in [0.25, 0.3) is 0 Å². The second-order valence-corrected chi connectivity index (χ2v) is 8.00. The largest absolute Gasteiger partial charge is 0.457 e. The molecule has 1 fully saturated rings. The lowest BCUT2D eigenvalue weighted by Crippen LogP contribution is -2.18. The zero-order chi connectivity index (χ0) is 21.0. The van der Waals surface area contributed by atoms with E-state index in [1.165, 1.54) is 24.3 Å². The van der Waals surface area contributed by atoms with Crippen LogP contribution in [0.2, 0.25) is 0 Å². The number of benzene rings is 1. The average Bonchev–Trinajstić information content (AvgIpc) is 3.46. The predicted octanol–water partition coefficient (Wildman–Crippen LogP) is 3.68. The first kappa shape index (κ1) is 21.1. The van der Waals surface area contributed by atoms with Crippen LogP contribution in [0.5, 0.6) is 0 Å². The number of Topliss-reactive ketones (excluding diaryl/α,β-unsaturated/α-hetero) is 1. The van der Waals surface area contributed by atoms with Crippen molar-refractivity contribution < 1.29 is 23.5 Å². The van der Waals surface area contributed by atoms with Crippen molar-refractivity contribution in [3.8, 4) is 0 Å². The van der Waals surface area contributed by atoms with Crippen molar-refractivity contribution in [1.82, 2.24) is 4.57 Å². The van der Waals surface area contributed by atoms with Gasteiger partial charge in [-0.15, -0.1) is 11.8 Å². The number of ketones is 1. The Hall–Kier alpha value is -2.61. The smallest absolute Gasteiger partial charge is 0.316 e. The third kappa shape index (κ3) is 5.69. The summed E-state index contributed by atoms with van der Waals surface area (Å²) in [6.07, 6.45) is 2.26. The standard InChI is InChI=1S/C21H23FN2O4S/c1-13-9-18(14(2)24(13)17-7-8-17)19(25)10-28-21(27)12-29-11-20(26)23-16-5-3-15(22)4-6-16/h3-6,9,17H,7-8,10-12H2,1-2H3,(H,23,26). The van der Waals surface area contributed by atoms with E-state index in [1.54, 1.807) is 0 Å². The highest BCUT2D eigenvalue weighted by Crippen LogP contribution is 2.38. The molecule has 0 spiro atoms. The summed E-state index contributed by atoms with van der Waals surface area (Å²) in [5, 5.41) is 2.61. The summed E-state index contributed by atoms with van der Waals surface area (Å²) in [7, 11) is 0. The van der Waals surface area contributed by atoms with Crippen LogP contribution in [0.15, 0.2) is 30.3 Å². The maximum Gasteiger partial charge on any atom is 0.316 e. The van der Waals surface area contributed by atoms with Crippen LogP contribution in [0, 0.1) is 19.7 Å². The van der Waals surface area contributed by atoms with E-state index in [1.807, 2.05) is 19.9 Å². The van der Waals surface area contributed by atoms with Crippen molar-refractivity contribution in [3.05, 3.63) is 53.1 Å². The van der Waals surface area contributed by atoms with Gasteiger partial charge in [0, 0.05) is 28.7 Å². The van der Waals surface area contributed by atoms with Gasteiger partial charge in [-0.05, 0) is 57.0 Å². The topological polar surface area (TPSA) is 77.4 Å². The number of ether oxygens (including phenoxy) is 1. The molecule has 1 aliphatic rings. The molecule has 0 atom stereocenters. The molecule has 29 heavy (non-hydrogen) atoms. The Morgan fingerprint density at radius 2 is 1.86 bits per heavy atom. The first-order valence-electron chi connectivity index (χ1n) is 9.35. The number of esters is 1. The number of nitrogens with one attached hydrogen (secondary N) is 1. The highest BCUT2D eigenvalue weighted by Gasteiger charge is 2.28. The van der Waals surface area contributed by atoms with Crippen molar-refractivity contribution in [2.75, 3.05) is 23.4 Å². The van der Waals surface area contributed by atoms with Gasteiger partial charge in [0.2, 0.25) is 11.7 Å². The van der Waals surface area contributed by atoms with Gasteiger partial charge in [-0.25, -0.2) is 4.39 Å². The number of aromatic nitrogens is 1. The number of hydrogen-bond donors (Lipinski definition) is 1. The van der Waals surface area contributed by atoms with Crippen LogP contribution in [-0.2, 0) is 14.3 Å². The molecule has 0 bridgehead atoms. The highest BCUT2D eigenvalue weighted by molar-refractivity contribution is 8.00. The second-order valence-electron chi connectivity index (χ2n) is 7.02. The van der Waals surface area contributed by atoms with Crippen LogP contribution in [0.3, 0.4) is 0 Å². The molecular weight excluding hydrogens is 395 g/mol. The van der Waals surface area contributed by atoms with Gasteiger partial charge >= 0.3 is 5.97 Å². The average molecular weight is 418 g/mol. The molecule has 8 heteroatoms. The maximum atomic E-state index is 12.8. The van der Waals surface area contributed by atoms with Crippen LogP contribution >= 0.6 is 11.8 Å². The van der Waals surface area contributed by atoms with Gasteiger partial charge in [-0.3, -0.25) is 14.4 Å². The predicted molar refractivity (Wildman–Crippen MR) is 110 cm³/mol. The summed E-state index contributed by atoms with van der Waals surface area (Å²) in [6, 6.07) is 7.74. The van der Waals surface area contributed by atoms with E-state index in [4.69, 9.17) is 4.74 Å². The zero-order valence-electron chi connectivity index (χ0n) is 16.4. The van der Waals surface area contributed by atoms with Crippen molar-refractivity contribution in [1.29, 1.82) is 0 Å². The second kappa shape index (κ2) is 9.26. The number of rotatable bonds is 9. The summed E-state index contributed by atoms with van der Waals surface area (Å²) >= 11 is 1.09. The number of hydrogen-bond acceptors (Lipinski definition) is 5. The molecule has 154 valence electrons. The summed E-state index contributed by atoms with van der Waals surface area (Å²) in [5.74, 6) is -1.46. The summed E-state index contributed by atoms with van der Waals surface area (Å²) in [6.45, 7) is 3.58. The Bertz CT molecular complexity index is 920. The number of halogens is 1. The number of aryl methyl sites for hydroxylation is 1. The van der Waals surface area contributed by atoms with Crippen LogP contribution in [-0.4, -0.2) is 40.3 Å². The van der Waals surface area contributed by atoms with E-state index in [2.05, 4.69) is 9.88 Å². The Balaban J connectivity index is 1.38. The normalized spacial score (nSPS) is 13.2. The van der Waals surface area contributed by atoms with Crippen molar-refractivity contribution in [2.24, 2.45) is 0 Å².